The van der Waals surface area contributed by atoms with Crippen LogP contribution in [-0.2, 0) is 0 Å². The Balaban J connectivity index is 1.87. The number of aliphatic hydroxyl groups is 1. The SMILES string of the molecule is CC(C)NCC1(CN2CCC(C(C)O)CC2)CCCCC1. The highest BCUT2D eigenvalue weighted by atomic mass is 16.3. The van der Waals surface area contributed by atoms with Gasteiger partial charge in [-0.25, -0.2) is 0 Å². The van der Waals surface area contributed by atoms with E-state index in [0.717, 1.165) is 0 Å². The van der Waals surface area contributed by atoms with Crippen LogP contribution in [-0.4, -0.2) is 48.3 Å². The van der Waals surface area contributed by atoms with Crippen LogP contribution in [0.4, 0.5) is 0 Å². The maximum absolute atomic E-state index is 9.75. The molecule has 21 heavy (non-hydrogen) atoms. The first-order chi connectivity index (χ1) is 10.0. The molecule has 1 saturated heterocycles. The van der Waals surface area contributed by atoms with Crippen molar-refractivity contribution in [3.63, 3.8) is 0 Å². The molecular weight excluding hydrogens is 260 g/mol. The fraction of sp³-hybridized carbons (Fsp3) is 1.00. The van der Waals surface area contributed by atoms with Gasteiger partial charge in [-0.1, -0.05) is 33.1 Å². The van der Waals surface area contributed by atoms with Gasteiger partial charge in [0, 0.05) is 19.1 Å². The largest absolute Gasteiger partial charge is 0.393 e. The van der Waals surface area contributed by atoms with Gasteiger partial charge < -0.3 is 15.3 Å². The second-order valence-corrected chi connectivity index (χ2v) is 7.95. The number of rotatable bonds is 6. The number of nitrogens with one attached hydrogen (secondary N) is 1. The van der Waals surface area contributed by atoms with Gasteiger partial charge in [-0.2, -0.15) is 0 Å². The van der Waals surface area contributed by atoms with Crippen LogP contribution < -0.4 is 5.32 Å². The quantitative estimate of drug-likeness (QED) is 0.791. The van der Waals surface area contributed by atoms with Crippen molar-refractivity contribution in [2.75, 3.05) is 26.2 Å². The summed E-state index contributed by atoms with van der Waals surface area (Å²) in [6.45, 7) is 11.3. The molecule has 124 valence electrons. The predicted molar refractivity (Wildman–Crippen MR) is 89.5 cm³/mol. The molecule has 3 nitrogen and oxygen atoms in total. The maximum atomic E-state index is 9.75. The van der Waals surface area contributed by atoms with Gasteiger partial charge >= 0.3 is 0 Å². The van der Waals surface area contributed by atoms with Crippen molar-refractivity contribution < 1.29 is 5.11 Å². The molecule has 2 rings (SSSR count). The van der Waals surface area contributed by atoms with Gasteiger partial charge in [0.25, 0.3) is 0 Å². The second-order valence-electron chi connectivity index (χ2n) is 7.95. The van der Waals surface area contributed by atoms with E-state index >= 15 is 0 Å². The minimum Gasteiger partial charge on any atom is -0.393 e. The average molecular weight is 296 g/mol. The molecule has 0 spiro atoms. The summed E-state index contributed by atoms with van der Waals surface area (Å²) in [5.41, 5.74) is 0.500. The molecule has 0 bridgehead atoms. The van der Waals surface area contributed by atoms with Crippen LogP contribution in [0.3, 0.4) is 0 Å². The number of piperidine rings is 1. The van der Waals surface area contributed by atoms with Gasteiger partial charge in [0.1, 0.15) is 0 Å². The van der Waals surface area contributed by atoms with Crippen LogP contribution in [0.15, 0.2) is 0 Å². The summed E-state index contributed by atoms with van der Waals surface area (Å²) in [5, 5.41) is 13.5. The Morgan fingerprint density at radius 3 is 2.24 bits per heavy atom. The molecule has 0 aromatic rings. The van der Waals surface area contributed by atoms with Crippen molar-refractivity contribution in [2.24, 2.45) is 11.3 Å². The van der Waals surface area contributed by atoms with Gasteiger partial charge in [-0.3, -0.25) is 0 Å². The minimum absolute atomic E-state index is 0.126. The predicted octanol–water partition coefficient (Wildman–Crippen LogP) is 3.03. The summed E-state index contributed by atoms with van der Waals surface area (Å²) >= 11 is 0. The van der Waals surface area contributed by atoms with Crippen LogP contribution in [0.2, 0.25) is 0 Å². The van der Waals surface area contributed by atoms with Crippen molar-refractivity contribution >= 4 is 0 Å². The van der Waals surface area contributed by atoms with E-state index in [1.807, 2.05) is 6.92 Å². The minimum atomic E-state index is -0.126. The first kappa shape index (κ1) is 17.2. The van der Waals surface area contributed by atoms with Crippen molar-refractivity contribution in [3.8, 4) is 0 Å². The van der Waals surface area contributed by atoms with Crippen molar-refractivity contribution in [1.29, 1.82) is 0 Å². The van der Waals surface area contributed by atoms with E-state index < -0.39 is 0 Å². The zero-order chi connectivity index (χ0) is 15.3. The molecule has 1 heterocycles. The van der Waals surface area contributed by atoms with Crippen LogP contribution in [0.25, 0.3) is 0 Å². The molecule has 2 aliphatic rings. The third kappa shape index (κ3) is 5.22. The Hall–Kier alpha value is -0.120. The Kier molecular flexibility index (Phi) is 6.51. The maximum Gasteiger partial charge on any atom is 0.0541 e. The molecule has 0 aromatic heterocycles. The molecule has 1 aliphatic heterocycles. The summed E-state index contributed by atoms with van der Waals surface area (Å²) in [4.78, 5) is 2.67. The molecular formula is C18H36N2O. The van der Waals surface area contributed by atoms with E-state index in [2.05, 4.69) is 24.1 Å². The standard InChI is InChI=1S/C18H36N2O/c1-15(2)19-13-18(9-5-4-6-10-18)14-20-11-7-17(8-12-20)16(3)21/h15-17,19,21H,4-14H2,1-3H3. The number of hydrogen-bond donors (Lipinski definition) is 2. The Morgan fingerprint density at radius 2 is 1.71 bits per heavy atom. The molecule has 3 heteroatoms. The molecule has 1 aliphatic carbocycles. The Labute approximate surface area is 131 Å². The summed E-state index contributed by atoms with van der Waals surface area (Å²) in [6.07, 6.45) is 9.24. The summed E-state index contributed by atoms with van der Waals surface area (Å²) in [6, 6.07) is 0.588. The Morgan fingerprint density at radius 1 is 1.10 bits per heavy atom. The highest BCUT2D eigenvalue weighted by Crippen LogP contribution is 2.37. The van der Waals surface area contributed by atoms with Crippen molar-refractivity contribution in [2.45, 2.75) is 77.9 Å². The van der Waals surface area contributed by atoms with E-state index in [4.69, 9.17) is 0 Å². The highest BCUT2D eigenvalue weighted by Gasteiger charge is 2.35. The van der Waals surface area contributed by atoms with Gasteiger partial charge in [0.05, 0.1) is 6.10 Å². The van der Waals surface area contributed by atoms with Crippen LogP contribution in [0.1, 0.15) is 65.7 Å². The van der Waals surface area contributed by atoms with Crippen LogP contribution >= 0.6 is 0 Å². The van der Waals surface area contributed by atoms with E-state index in [-0.39, 0.29) is 6.10 Å². The third-order valence-corrected chi connectivity index (χ3v) is 5.67. The summed E-state index contributed by atoms with van der Waals surface area (Å²) in [5.74, 6) is 0.525. The second kappa shape index (κ2) is 7.94. The van der Waals surface area contributed by atoms with Gasteiger partial charge in [-0.05, 0) is 57.0 Å². The van der Waals surface area contributed by atoms with E-state index in [9.17, 15) is 5.11 Å². The first-order valence-corrected chi connectivity index (χ1v) is 9.15. The first-order valence-electron chi connectivity index (χ1n) is 9.15. The molecule has 1 unspecified atom stereocenters. The van der Waals surface area contributed by atoms with E-state index in [1.54, 1.807) is 0 Å². The lowest BCUT2D eigenvalue weighted by molar-refractivity contribution is 0.0407. The van der Waals surface area contributed by atoms with E-state index in [1.165, 1.54) is 71.1 Å². The molecule has 1 saturated carbocycles. The lowest BCUT2D eigenvalue weighted by atomic mass is 9.73. The van der Waals surface area contributed by atoms with Gasteiger partial charge in [0.15, 0.2) is 0 Å². The zero-order valence-corrected chi connectivity index (χ0v) is 14.4. The lowest BCUT2D eigenvalue weighted by Crippen LogP contribution is -2.49. The molecule has 2 fully saturated rings. The number of nitrogens with zero attached hydrogens (tertiary/aromatic N) is 1. The normalized spacial score (nSPS) is 26.1. The number of likely N-dealkylation sites (tertiary alicyclic amines) is 1. The number of hydrogen-bond acceptors (Lipinski definition) is 3. The zero-order valence-electron chi connectivity index (χ0n) is 14.4. The fourth-order valence-electron chi connectivity index (χ4n) is 4.18. The third-order valence-electron chi connectivity index (χ3n) is 5.67. The molecule has 1 atom stereocenters. The van der Waals surface area contributed by atoms with Gasteiger partial charge in [0.2, 0.25) is 0 Å². The fourth-order valence-corrected chi connectivity index (χ4v) is 4.18. The molecule has 0 aromatic carbocycles. The summed E-state index contributed by atoms with van der Waals surface area (Å²) < 4.78 is 0. The van der Waals surface area contributed by atoms with E-state index in [0.29, 0.717) is 17.4 Å². The molecule has 0 radical (unpaired) electrons. The van der Waals surface area contributed by atoms with Crippen LogP contribution in [0, 0.1) is 11.3 Å². The summed E-state index contributed by atoms with van der Waals surface area (Å²) in [7, 11) is 0. The topological polar surface area (TPSA) is 35.5 Å². The number of aliphatic hydroxyl groups excluding tert-OH is 1. The molecule has 0 amide bonds. The smallest absolute Gasteiger partial charge is 0.0541 e. The average Bonchev–Trinajstić information content (AvgIpc) is 2.47. The Bertz CT molecular complexity index is 290. The van der Waals surface area contributed by atoms with Gasteiger partial charge in [-0.15, -0.1) is 0 Å². The van der Waals surface area contributed by atoms with Crippen molar-refractivity contribution in [3.05, 3.63) is 0 Å². The monoisotopic (exact) mass is 296 g/mol. The molecule has 2 N–H and O–H groups in total. The van der Waals surface area contributed by atoms with Crippen molar-refractivity contribution in [1.82, 2.24) is 10.2 Å². The lowest BCUT2D eigenvalue weighted by Gasteiger charge is -2.44. The highest BCUT2D eigenvalue weighted by molar-refractivity contribution is 4.89. The van der Waals surface area contributed by atoms with Crippen LogP contribution in [0.5, 0.6) is 0 Å².